The zero-order chi connectivity index (χ0) is 13.1. The highest BCUT2D eigenvalue weighted by molar-refractivity contribution is 5.93. The Labute approximate surface area is 105 Å². The summed E-state index contributed by atoms with van der Waals surface area (Å²) in [6.45, 7) is 0.318. The highest BCUT2D eigenvalue weighted by atomic mass is 16.3. The zero-order valence-corrected chi connectivity index (χ0v) is 9.95. The highest BCUT2D eigenvalue weighted by Gasteiger charge is 2.20. The Morgan fingerprint density at radius 2 is 1.83 bits per heavy atom. The number of anilines is 1. The third-order valence-electron chi connectivity index (χ3n) is 3.00. The molecule has 2 unspecified atom stereocenters. The second-order valence-corrected chi connectivity index (χ2v) is 4.23. The quantitative estimate of drug-likeness (QED) is 0.631. The van der Waals surface area contributed by atoms with Crippen molar-refractivity contribution in [3.8, 4) is 0 Å². The molecule has 1 aromatic carbocycles. The lowest BCUT2D eigenvalue weighted by atomic mass is 9.98. The summed E-state index contributed by atoms with van der Waals surface area (Å²) in [4.78, 5) is 4.05. The summed E-state index contributed by atoms with van der Waals surface area (Å²) in [5.41, 5.74) is 11.7. The summed E-state index contributed by atoms with van der Waals surface area (Å²) >= 11 is 0. The van der Waals surface area contributed by atoms with Gasteiger partial charge in [-0.3, -0.25) is 0 Å². The molecule has 0 amide bonds. The van der Waals surface area contributed by atoms with Gasteiger partial charge in [0.2, 0.25) is 0 Å². The van der Waals surface area contributed by atoms with Crippen LogP contribution in [0.15, 0.2) is 30.5 Å². The molecular formula is C13H17N3O2. The van der Waals surface area contributed by atoms with Gasteiger partial charge in [0, 0.05) is 17.1 Å². The monoisotopic (exact) mass is 247 g/mol. The predicted molar refractivity (Wildman–Crippen MR) is 70.8 cm³/mol. The van der Waals surface area contributed by atoms with E-state index in [0.29, 0.717) is 24.3 Å². The van der Waals surface area contributed by atoms with E-state index < -0.39 is 12.2 Å². The van der Waals surface area contributed by atoms with Gasteiger partial charge in [0.25, 0.3) is 0 Å². The van der Waals surface area contributed by atoms with Crippen molar-refractivity contribution in [3.05, 3.63) is 36.0 Å². The second-order valence-electron chi connectivity index (χ2n) is 4.23. The molecule has 0 radical (unpaired) electrons. The highest BCUT2D eigenvalue weighted by Crippen LogP contribution is 2.28. The smallest absolute Gasteiger partial charge is 0.131 e. The lowest BCUT2D eigenvalue weighted by molar-refractivity contribution is 0.0157. The maximum absolute atomic E-state index is 10.1. The van der Waals surface area contributed by atoms with Gasteiger partial charge in [-0.1, -0.05) is 24.3 Å². The van der Waals surface area contributed by atoms with Crippen molar-refractivity contribution in [2.75, 3.05) is 12.3 Å². The molecule has 0 aliphatic heterocycles. The standard InChI is InChI=1S/C13H17N3O2/c14-6-5-11(17)12(18)10-7-16-13(15)9-4-2-1-3-8(9)10/h1-4,7,11-12,17-18H,5-6,14H2,(H2,15,16). The van der Waals surface area contributed by atoms with Crippen LogP contribution < -0.4 is 11.5 Å². The van der Waals surface area contributed by atoms with Crippen molar-refractivity contribution in [1.29, 1.82) is 0 Å². The molecule has 5 heteroatoms. The van der Waals surface area contributed by atoms with Crippen LogP contribution in [-0.2, 0) is 0 Å². The zero-order valence-electron chi connectivity index (χ0n) is 9.95. The van der Waals surface area contributed by atoms with E-state index >= 15 is 0 Å². The summed E-state index contributed by atoms with van der Waals surface area (Å²) in [7, 11) is 0. The maximum atomic E-state index is 10.1. The van der Waals surface area contributed by atoms with E-state index in [9.17, 15) is 10.2 Å². The second kappa shape index (κ2) is 5.30. The molecule has 2 rings (SSSR count). The first-order chi connectivity index (χ1) is 8.65. The van der Waals surface area contributed by atoms with Crippen LogP contribution in [0.1, 0.15) is 18.1 Å². The molecule has 0 bridgehead atoms. The predicted octanol–water partition coefficient (Wildman–Crippen LogP) is 0.560. The fourth-order valence-electron chi connectivity index (χ4n) is 2.01. The van der Waals surface area contributed by atoms with Crippen LogP contribution in [0.5, 0.6) is 0 Å². The minimum absolute atomic E-state index is 0.318. The van der Waals surface area contributed by atoms with Crippen molar-refractivity contribution in [2.45, 2.75) is 18.6 Å². The van der Waals surface area contributed by atoms with Gasteiger partial charge >= 0.3 is 0 Å². The van der Waals surface area contributed by atoms with Gasteiger partial charge in [-0.15, -0.1) is 0 Å². The number of hydrogen-bond donors (Lipinski definition) is 4. The van der Waals surface area contributed by atoms with Gasteiger partial charge in [-0.05, 0) is 18.4 Å². The molecule has 0 saturated carbocycles. The number of nitrogens with two attached hydrogens (primary N) is 2. The number of pyridine rings is 1. The average molecular weight is 247 g/mol. The molecule has 18 heavy (non-hydrogen) atoms. The molecule has 96 valence electrons. The van der Waals surface area contributed by atoms with Crippen LogP contribution in [0.4, 0.5) is 5.82 Å². The van der Waals surface area contributed by atoms with E-state index in [1.54, 1.807) is 0 Å². The van der Waals surface area contributed by atoms with Gasteiger partial charge in [0.05, 0.1) is 6.10 Å². The molecule has 0 saturated heterocycles. The summed E-state index contributed by atoms with van der Waals surface area (Å²) in [6, 6.07) is 7.39. The number of nitrogens with zero attached hydrogens (tertiary/aromatic N) is 1. The van der Waals surface area contributed by atoms with E-state index in [4.69, 9.17) is 11.5 Å². The topological polar surface area (TPSA) is 105 Å². The first kappa shape index (κ1) is 12.8. The number of hydrogen-bond acceptors (Lipinski definition) is 5. The number of aliphatic hydroxyl groups excluding tert-OH is 2. The third kappa shape index (κ3) is 2.28. The molecule has 5 nitrogen and oxygen atoms in total. The molecule has 1 aromatic heterocycles. The Kier molecular flexibility index (Phi) is 3.76. The first-order valence-corrected chi connectivity index (χ1v) is 5.84. The number of aromatic nitrogens is 1. The number of aliphatic hydroxyl groups is 2. The lowest BCUT2D eigenvalue weighted by Crippen LogP contribution is -2.22. The van der Waals surface area contributed by atoms with Crippen molar-refractivity contribution in [1.82, 2.24) is 4.98 Å². The summed E-state index contributed by atoms with van der Waals surface area (Å²) < 4.78 is 0. The Balaban J connectivity index is 2.48. The third-order valence-corrected chi connectivity index (χ3v) is 3.00. The van der Waals surface area contributed by atoms with Gasteiger partial charge in [-0.25, -0.2) is 4.98 Å². The van der Waals surface area contributed by atoms with E-state index in [2.05, 4.69) is 4.98 Å². The molecule has 1 heterocycles. The Morgan fingerprint density at radius 3 is 2.50 bits per heavy atom. The molecule has 0 aliphatic carbocycles. The van der Waals surface area contributed by atoms with Crippen LogP contribution in [0, 0.1) is 0 Å². The van der Waals surface area contributed by atoms with Crippen molar-refractivity contribution >= 4 is 16.6 Å². The number of rotatable bonds is 4. The normalized spacial score (nSPS) is 14.6. The fourth-order valence-corrected chi connectivity index (χ4v) is 2.01. The fraction of sp³-hybridized carbons (Fsp3) is 0.308. The Hall–Kier alpha value is -1.69. The van der Waals surface area contributed by atoms with Crippen LogP contribution in [0.3, 0.4) is 0 Å². The van der Waals surface area contributed by atoms with E-state index in [1.165, 1.54) is 6.20 Å². The van der Waals surface area contributed by atoms with E-state index in [0.717, 1.165) is 10.8 Å². The van der Waals surface area contributed by atoms with E-state index in [-0.39, 0.29) is 0 Å². The lowest BCUT2D eigenvalue weighted by Gasteiger charge is -2.19. The van der Waals surface area contributed by atoms with Crippen LogP contribution in [0.25, 0.3) is 10.8 Å². The first-order valence-electron chi connectivity index (χ1n) is 5.84. The summed E-state index contributed by atoms with van der Waals surface area (Å²) in [5, 5.41) is 21.5. The molecule has 0 fully saturated rings. The maximum Gasteiger partial charge on any atom is 0.131 e. The summed E-state index contributed by atoms with van der Waals surface area (Å²) in [5.74, 6) is 0.412. The number of nitrogen functional groups attached to an aromatic ring is 1. The van der Waals surface area contributed by atoms with Gasteiger partial charge in [0.15, 0.2) is 0 Å². The van der Waals surface area contributed by atoms with Gasteiger partial charge in [-0.2, -0.15) is 0 Å². The largest absolute Gasteiger partial charge is 0.390 e. The minimum atomic E-state index is -1.01. The molecule has 0 spiro atoms. The average Bonchev–Trinajstić information content (AvgIpc) is 2.39. The van der Waals surface area contributed by atoms with Crippen molar-refractivity contribution < 1.29 is 10.2 Å². The van der Waals surface area contributed by atoms with E-state index in [1.807, 2.05) is 24.3 Å². The summed E-state index contributed by atoms with van der Waals surface area (Å²) in [6.07, 6.45) is -0.0718. The number of fused-ring (bicyclic) bond motifs is 1. The molecule has 2 aromatic rings. The van der Waals surface area contributed by atoms with Crippen LogP contribution in [0.2, 0.25) is 0 Å². The SMILES string of the molecule is NCCC(O)C(O)c1cnc(N)c2ccccc12. The Bertz CT molecular complexity index is 545. The van der Waals surface area contributed by atoms with Crippen LogP contribution >= 0.6 is 0 Å². The van der Waals surface area contributed by atoms with Crippen molar-refractivity contribution in [2.24, 2.45) is 5.73 Å². The van der Waals surface area contributed by atoms with Gasteiger partial charge in [0.1, 0.15) is 11.9 Å². The van der Waals surface area contributed by atoms with Gasteiger partial charge < -0.3 is 21.7 Å². The molecule has 2 atom stereocenters. The van der Waals surface area contributed by atoms with Crippen molar-refractivity contribution in [3.63, 3.8) is 0 Å². The van der Waals surface area contributed by atoms with Crippen LogP contribution in [-0.4, -0.2) is 27.8 Å². The number of benzene rings is 1. The molecule has 0 aliphatic rings. The molecule has 6 N–H and O–H groups in total. The minimum Gasteiger partial charge on any atom is -0.390 e. The Morgan fingerprint density at radius 1 is 1.17 bits per heavy atom. The molecular weight excluding hydrogens is 230 g/mol.